The molecule has 2 rings (SSSR count). The Kier molecular flexibility index (Phi) is 6.02. The van der Waals surface area contributed by atoms with E-state index in [-0.39, 0.29) is 29.9 Å². The minimum absolute atomic E-state index is 0.00644. The average Bonchev–Trinajstić information content (AvgIpc) is 2.91. The molecule has 126 valence electrons. The molecule has 1 N–H and O–H groups in total. The minimum Gasteiger partial charge on any atom is -0.468 e. The Hall–Kier alpha value is -1.59. The summed E-state index contributed by atoms with van der Waals surface area (Å²) in [5.41, 5.74) is 1.07. The zero-order chi connectivity index (χ0) is 17.0. The maximum atomic E-state index is 12.0. The summed E-state index contributed by atoms with van der Waals surface area (Å²) in [6, 6.07) is 7.17. The molecule has 0 unspecified atom stereocenters. The molecule has 2 atom stereocenters. The largest absolute Gasteiger partial charge is 0.468 e. The standard InChI is InChI=1S/C17H23ClN2O3/c1-11(2)16(21)19-14-8-15(17(22)23-3)20(10-14)9-12-4-6-13(18)7-5-12/h4-7,11,14-15H,8-10H2,1-3H3,(H,19,21)/t14-,15+/m1/s1. The number of hydrogen-bond donors (Lipinski definition) is 1. The first-order valence-electron chi connectivity index (χ1n) is 7.77. The first kappa shape index (κ1) is 17.8. The molecule has 0 saturated carbocycles. The molecular weight excluding hydrogens is 316 g/mol. The average molecular weight is 339 g/mol. The van der Waals surface area contributed by atoms with Crippen molar-refractivity contribution in [2.24, 2.45) is 5.92 Å². The molecule has 0 bridgehead atoms. The summed E-state index contributed by atoms with van der Waals surface area (Å²) in [7, 11) is 1.39. The van der Waals surface area contributed by atoms with Crippen LogP contribution in [0.2, 0.25) is 5.02 Å². The lowest BCUT2D eigenvalue weighted by atomic mass is 10.1. The molecule has 1 fully saturated rings. The van der Waals surface area contributed by atoms with Gasteiger partial charge < -0.3 is 10.1 Å². The third-order valence-electron chi connectivity index (χ3n) is 4.05. The van der Waals surface area contributed by atoms with Crippen LogP contribution in [0.3, 0.4) is 0 Å². The number of carbonyl (C=O) groups excluding carboxylic acids is 2. The first-order valence-corrected chi connectivity index (χ1v) is 8.15. The third-order valence-corrected chi connectivity index (χ3v) is 4.30. The highest BCUT2D eigenvalue weighted by Crippen LogP contribution is 2.22. The highest BCUT2D eigenvalue weighted by atomic mass is 35.5. The van der Waals surface area contributed by atoms with Gasteiger partial charge >= 0.3 is 5.97 Å². The van der Waals surface area contributed by atoms with E-state index in [2.05, 4.69) is 5.32 Å². The van der Waals surface area contributed by atoms with Crippen LogP contribution < -0.4 is 5.32 Å². The first-order chi connectivity index (χ1) is 10.9. The summed E-state index contributed by atoms with van der Waals surface area (Å²) < 4.78 is 4.91. The molecular formula is C17H23ClN2O3. The van der Waals surface area contributed by atoms with E-state index < -0.39 is 0 Å². The summed E-state index contributed by atoms with van der Waals surface area (Å²) >= 11 is 5.90. The number of nitrogens with one attached hydrogen (secondary N) is 1. The van der Waals surface area contributed by atoms with E-state index in [1.165, 1.54) is 7.11 Å². The van der Waals surface area contributed by atoms with Crippen molar-refractivity contribution in [3.63, 3.8) is 0 Å². The molecule has 6 heteroatoms. The van der Waals surface area contributed by atoms with Gasteiger partial charge in [0.1, 0.15) is 6.04 Å². The molecule has 1 heterocycles. The van der Waals surface area contributed by atoms with Gasteiger partial charge in [-0.1, -0.05) is 37.6 Å². The molecule has 1 saturated heterocycles. The lowest BCUT2D eigenvalue weighted by molar-refractivity contribution is -0.146. The molecule has 0 spiro atoms. The number of ether oxygens (including phenoxy) is 1. The van der Waals surface area contributed by atoms with Crippen LogP contribution in [0.4, 0.5) is 0 Å². The minimum atomic E-state index is -0.340. The van der Waals surface area contributed by atoms with Crippen molar-refractivity contribution in [2.45, 2.75) is 38.9 Å². The molecule has 0 aliphatic carbocycles. The molecule has 23 heavy (non-hydrogen) atoms. The number of nitrogens with zero attached hydrogens (tertiary/aromatic N) is 1. The topological polar surface area (TPSA) is 58.6 Å². The van der Waals surface area contributed by atoms with Crippen molar-refractivity contribution in [2.75, 3.05) is 13.7 Å². The van der Waals surface area contributed by atoms with Gasteiger partial charge in [0.2, 0.25) is 5.91 Å². The lowest BCUT2D eigenvalue weighted by Crippen LogP contribution is -2.39. The van der Waals surface area contributed by atoms with Crippen LogP contribution in [-0.2, 0) is 20.9 Å². The van der Waals surface area contributed by atoms with Gasteiger partial charge in [-0.15, -0.1) is 0 Å². The summed E-state index contributed by atoms with van der Waals surface area (Å²) in [4.78, 5) is 26.0. The molecule has 1 aliphatic heterocycles. The van der Waals surface area contributed by atoms with Gasteiger partial charge in [-0.3, -0.25) is 14.5 Å². The second kappa shape index (κ2) is 7.79. The van der Waals surface area contributed by atoms with E-state index in [1.807, 2.05) is 43.0 Å². The molecule has 1 amide bonds. The Morgan fingerprint density at radius 1 is 1.35 bits per heavy atom. The zero-order valence-corrected chi connectivity index (χ0v) is 14.5. The fourth-order valence-electron chi connectivity index (χ4n) is 2.76. The Labute approximate surface area is 141 Å². The van der Waals surface area contributed by atoms with Crippen LogP contribution >= 0.6 is 11.6 Å². The second-order valence-corrected chi connectivity index (χ2v) is 6.63. The number of carbonyl (C=O) groups is 2. The van der Waals surface area contributed by atoms with Crippen LogP contribution in [0, 0.1) is 5.92 Å². The van der Waals surface area contributed by atoms with Crippen molar-refractivity contribution >= 4 is 23.5 Å². The van der Waals surface area contributed by atoms with Crippen LogP contribution in [-0.4, -0.2) is 42.5 Å². The number of amides is 1. The number of rotatable bonds is 5. The van der Waals surface area contributed by atoms with Crippen molar-refractivity contribution in [3.8, 4) is 0 Å². The quantitative estimate of drug-likeness (QED) is 0.836. The molecule has 0 aromatic heterocycles. The summed E-state index contributed by atoms with van der Waals surface area (Å²) in [6.07, 6.45) is 0.568. The molecule has 0 radical (unpaired) electrons. The number of likely N-dealkylation sites (tertiary alicyclic amines) is 1. The molecule has 5 nitrogen and oxygen atoms in total. The number of methoxy groups -OCH3 is 1. The van der Waals surface area contributed by atoms with E-state index in [0.29, 0.717) is 24.5 Å². The van der Waals surface area contributed by atoms with Crippen molar-refractivity contribution in [1.82, 2.24) is 10.2 Å². The van der Waals surface area contributed by atoms with Crippen LogP contribution in [0.15, 0.2) is 24.3 Å². The Bertz CT molecular complexity index is 559. The zero-order valence-electron chi connectivity index (χ0n) is 13.7. The van der Waals surface area contributed by atoms with Gasteiger partial charge in [0.15, 0.2) is 0 Å². The summed E-state index contributed by atoms with van der Waals surface area (Å²) in [5.74, 6) is -0.330. The Balaban J connectivity index is 2.06. The van der Waals surface area contributed by atoms with Gasteiger partial charge in [0.25, 0.3) is 0 Å². The van der Waals surface area contributed by atoms with E-state index >= 15 is 0 Å². The third kappa shape index (κ3) is 4.69. The van der Waals surface area contributed by atoms with Crippen LogP contribution in [0.25, 0.3) is 0 Å². The van der Waals surface area contributed by atoms with Crippen molar-refractivity contribution in [3.05, 3.63) is 34.9 Å². The maximum Gasteiger partial charge on any atom is 0.323 e. The maximum absolute atomic E-state index is 12.0. The van der Waals surface area contributed by atoms with Gasteiger partial charge in [0, 0.05) is 30.1 Å². The molecule has 1 aromatic carbocycles. The number of esters is 1. The van der Waals surface area contributed by atoms with E-state index in [0.717, 1.165) is 5.56 Å². The van der Waals surface area contributed by atoms with Crippen molar-refractivity contribution in [1.29, 1.82) is 0 Å². The second-order valence-electron chi connectivity index (χ2n) is 6.19. The molecule has 1 aliphatic rings. The molecule has 1 aromatic rings. The van der Waals surface area contributed by atoms with Gasteiger partial charge in [-0.05, 0) is 24.1 Å². The summed E-state index contributed by atoms with van der Waals surface area (Å²) in [5, 5.41) is 3.68. The predicted octanol–water partition coefficient (Wildman–Crippen LogP) is 2.23. The predicted molar refractivity (Wildman–Crippen MR) is 89.1 cm³/mol. The summed E-state index contributed by atoms with van der Waals surface area (Å²) in [6.45, 7) is 4.95. The normalized spacial score (nSPS) is 21.4. The number of hydrogen-bond acceptors (Lipinski definition) is 4. The van der Waals surface area contributed by atoms with Gasteiger partial charge in [-0.25, -0.2) is 0 Å². The Morgan fingerprint density at radius 3 is 2.57 bits per heavy atom. The number of benzene rings is 1. The van der Waals surface area contributed by atoms with E-state index in [4.69, 9.17) is 16.3 Å². The van der Waals surface area contributed by atoms with Crippen molar-refractivity contribution < 1.29 is 14.3 Å². The van der Waals surface area contributed by atoms with E-state index in [1.54, 1.807) is 0 Å². The highest BCUT2D eigenvalue weighted by molar-refractivity contribution is 6.30. The van der Waals surface area contributed by atoms with E-state index in [9.17, 15) is 9.59 Å². The SMILES string of the molecule is COC(=O)[C@@H]1C[C@@H](NC(=O)C(C)C)CN1Cc1ccc(Cl)cc1. The number of halogens is 1. The van der Waals surface area contributed by atoms with Crippen LogP contribution in [0.5, 0.6) is 0 Å². The van der Waals surface area contributed by atoms with Gasteiger partial charge in [0.05, 0.1) is 7.11 Å². The monoisotopic (exact) mass is 338 g/mol. The fourth-order valence-corrected chi connectivity index (χ4v) is 2.88. The van der Waals surface area contributed by atoms with Gasteiger partial charge in [-0.2, -0.15) is 0 Å². The van der Waals surface area contributed by atoms with Crippen LogP contribution in [0.1, 0.15) is 25.8 Å². The Morgan fingerprint density at radius 2 is 2.00 bits per heavy atom. The smallest absolute Gasteiger partial charge is 0.323 e. The highest BCUT2D eigenvalue weighted by Gasteiger charge is 2.38. The fraction of sp³-hybridized carbons (Fsp3) is 0.529. The lowest BCUT2D eigenvalue weighted by Gasteiger charge is -2.22.